The van der Waals surface area contributed by atoms with E-state index in [-0.39, 0.29) is 41.2 Å². The summed E-state index contributed by atoms with van der Waals surface area (Å²) in [6, 6.07) is 20.6. The minimum absolute atomic E-state index is 0. The second-order valence-corrected chi connectivity index (χ2v) is 9.93. The first-order valence-electron chi connectivity index (χ1n) is 13.0. The molecule has 2 heterocycles. The number of para-hydroxylation sites is 2. The van der Waals surface area contributed by atoms with E-state index in [0.29, 0.717) is 0 Å². The maximum Gasteiger partial charge on any atom is 0.303 e. The van der Waals surface area contributed by atoms with Gasteiger partial charge in [-0.25, -0.2) is 0 Å². The van der Waals surface area contributed by atoms with E-state index in [9.17, 15) is 19.2 Å². The molecule has 1 fully saturated rings. The van der Waals surface area contributed by atoms with Crippen LogP contribution in [0, 0.1) is 12.6 Å². The van der Waals surface area contributed by atoms with Gasteiger partial charge < -0.3 is 46.2 Å². The molecule has 10 nitrogen and oxygen atoms in total. The molecule has 2 aromatic rings. The number of esters is 3. The van der Waals surface area contributed by atoms with Gasteiger partial charge in [0.1, 0.15) is 30.7 Å². The first-order chi connectivity index (χ1) is 19.5. The van der Waals surface area contributed by atoms with Crippen molar-refractivity contribution in [2.75, 3.05) is 16.4 Å². The minimum atomic E-state index is -0.967. The maximum atomic E-state index is 11.6. The molecule has 5 atom stereocenters. The van der Waals surface area contributed by atoms with Crippen molar-refractivity contribution in [2.24, 2.45) is 5.92 Å². The second kappa shape index (κ2) is 17.1. The van der Waals surface area contributed by atoms with Gasteiger partial charge in [-0.05, 0) is 49.0 Å². The average molecular weight is 780 g/mol. The molecule has 231 valence electrons. The van der Waals surface area contributed by atoms with Gasteiger partial charge in [0, 0.05) is 66.9 Å². The van der Waals surface area contributed by atoms with Crippen LogP contribution in [-0.2, 0) is 73.1 Å². The smallest absolute Gasteiger partial charge is 0.303 e. The molecule has 0 N–H and O–H groups in total. The van der Waals surface area contributed by atoms with Gasteiger partial charge in [-0.15, -0.1) is 6.67 Å². The number of ether oxygens (including phenoxy) is 4. The predicted octanol–water partition coefficient (Wildman–Crippen LogP) is 3.88. The van der Waals surface area contributed by atoms with Gasteiger partial charge in [-0.1, -0.05) is 36.4 Å². The number of carbonyl (C=O) groups excluding carboxylic acids is 4. The van der Waals surface area contributed by atoms with Crippen LogP contribution < -0.4 is 9.80 Å². The van der Waals surface area contributed by atoms with Gasteiger partial charge in [0.25, 0.3) is 0 Å². The zero-order valence-corrected chi connectivity index (χ0v) is 26.7. The molecule has 2 aliphatic rings. The van der Waals surface area contributed by atoms with Crippen molar-refractivity contribution in [1.82, 2.24) is 0 Å². The molecule has 42 heavy (non-hydrogen) atoms. The number of ketones is 1. The molecule has 0 amide bonds. The van der Waals surface area contributed by atoms with Crippen LogP contribution in [0.2, 0.25) is 0 Å². The molecule has 5 unspecified atom stereocenters. The molecule has 0 saturated carbocycles. The van der Waals surface area contributed by atoms with Crippen LogP contribution in [0.5, 0.6) is 0 Å². The molecule has 0 aliphatic carbocycles. The number of benzene rings is 2. The fraction of sp³-hybridized carbons (Fsp3) is 0.367. The molecule has 0 aromatic heterocycles. The first-order valence-corrected chi connectivity index (χ1v) is 13.5. The summed E-state index contributed by atoms with van der Waals surface area (Å²) in [5, 5.41) is 0. The summed E-state index contributed by atoms with van der Waals surface area (Å²) in [5.74, 6) is -2.61. The number of Topliss-reactive ketones (excluding diaryl/α,β-unsaturated/α-hetero) is 1. The molecule has 0 spiro atoms. The van der Waals surface area contributed by atoms with Crippen molar-refractivity contribution in [1.29, 1.82) is 0 Å². The molecular weight excluding hydrogens is 745 g/mol. The summed E-state index contributed by atoms with van der Waals surface area (Å²) >= 11 is 5.19. The van der Waals surface area contributed by atoms with E-state index in [1.807, 2.05) is 36.4 Å². The number of anilines is 2. The van der Waals surface area contributed by atoms with Crippen LogP contribution >= 0.6 is 0 Å². The van der Waals surface area contributed by atoms with Crippen molar-refractivity contribution in [3.8, 4) is 0 Å². The van der Waals surface area contributed by atoms with Gasteiger partial charge >= 0.3 is 17.9 Å². The van der Waals surface area contributed by atoms with E-state index >= 15 is 0 Å². The zero-order valence-electron chi connectivity index (χ0n) is 23.7. The SMILES string of the molecule is C1=CN(c2ccccc2)[CH-]N1c1ccccc1.CC(=O)CC1C(OC(C)=O)C([S-])OC(COC(C)=O)C1OC(C)=O.[Au]. The van der Waals surface area contributed by atoms with Gasteiger partial charge in [0.15, 0.2) is 0 Å². The summed E-state index contributed by atoms with van der Waals surface area (Å²) in [5.41, 5.74) is 1.37. The summed E-state index contributed by atoms with van der Waals surface area (Å²) in [4.78, 5) is 49.6. The minimum Gasteiger partial charge on any atom is -0.758 e. The number of carbonyl (C=O) groups is 4. The Kier molecular flexibility index (Phi) is 14.3. The van der Waals surface area contributed by atoms with Crippen LogP contribution in [-0.4, -0.2) is 54.0 Å². The van der Waals surface area contributed by atoms with E-state index in [0.717, 1.165) is 0 Å². The van der Waals surface area contributed by atoms with Crippen LogP contribution in [0.1, 0.15) is 34.1 Å². The van der Waals surface area contributed by atoms with E-state index in [1.54, 1.807) is 0 Å². The van der Waals surface area contributed by atoms with Gasteiger partial charge in [-0.3, -0.25) is 14.4 Å². The Hall–Kier alpha value is -3.09. The van der Waals surface area contributed by atoms with Crippen LogP contribution in [0.3, 0.4) is 0 Å². The fourth-order valence-corrected chi connectivity index (χ4v) is 4.84. The van der Waals surface area contributed by atoms with E-state index < -0.39 is 47.6 Å². The number of hydrogen-bond acceptors (Lipinski definition) is 11. The Bertz CT molecular complexity index is 1170. The van der Waals surface area contributed by atoms with Crippen LogP contribution in [0.15, 0.2) is 73.1 Å². The number of nitrogens with zero attached hydrogens (tertiary/aromatic N) is 2. The van der Waals surface area contributed by atoms with Gasteiger partial charge in [0.2, 0.25) is 0 Å². The van der Waals surface area contributed by atoms with Gasteiger partial charge in [-0.2, -0.15) is 0 Å². The first kappa shape index (κ1) is 35.1. The monoisotopic (exact) mass is 779 g/mol. The third kappa shape index (κ3) is 10.6. The van der Waals surface area contributed by atoms with Gasteiger partial charge in [0.05, 0.1) is 0 Å². The number of rotatable bonds is 8. The third-order valence-electron chi connectivity index (χ3n) is 6.11. The van der Waals surface area contributed by atoms with Crippen molar-refractivity contribution in [3.05, 3.63) is 79.7 Å². The summed E-state index contributed by atoms with van der Waals surface area (Å²) in [6.45, 7) is 6.88. The van der Waals surface area contributed by atoms with Crippen LogP contribution in [0.25, 0.3) is 0 Å². The predicted molar refractivity (Wildman–Crippen MR) is 154 cm³/mol. The Morgan fingerprint density at radius 1 is 0.786 bits per heavy atom. The van der Waals surface area contributed by atoms with Crippen LogP contribution in [0.4, 0.5) is 11.4 Å². The van der Waals surface area contributed by atoms with Crippen molar-refractivity contribution < 1.29 is 60.5 Å². The molecule has 2 aromatic carbocycles. The van der Waals surface area contributed by atoms with Crippen molar-refractivity contribution >= 4 is 47.7 Å². The third-order valence-corrected chi connectivity index (χ3v) is 6.49. The normalized spacial score (nSPS) is 22.6. The Labute approximate surface area is 267 Å². The molecular formula is C30H34AuN2O8S-2. The van der Waals surface area contributed by atoms with Crippen molar-refractivity contribution in [3.63, 3.8) is 0 Å². The summed E-state index contributed by atoms with van der Waals surface area (Å²) in [7, 11) is 0. The molecule has 1 radical (unpaired) electrons. The van der Waals surface area contributed by atoms with Crippen molar-refractivity contribution in [2.45, 2.75) is 57.9 Å². The zero-order chi connectivity index (χ0) is 29.9. The Morgan fingerprint density at radius 3 is 1.69 bits per heavy atom. The summed E-state index contributed by atoms with van der Waals surface area (Å²) in [6.07, 6.45) is 1.37. The topological polar surface area (TPSA) is 112 Å². The van der Waals surface area contributed by atoms with E-state index in [4.69, 9.17) is 31.6 Å². The molecule has 0 bridgehead atoms. The summed E-state index contributed by atoms with van der Waals surface area (Å²) < 4.78 is 20.9. The standard InChI is InChI=1S/C15H13N2.C15H22O8S.Au/c1-3-7-14(8-4-1)16-11-12-17(13-16)15-9-5-2-6-10-15;1-7(16)5-11-13(21-9(3)18)12(6-20-8(2)17)23-15(24)14(11)22-10(4)19;/h1-13H;11-15,24H,5-6H2,1-4H3;/q-1;;/p-1. The second-order valence-electron chi connectivity index (χ2n) is 9.46. The molecule has 1 saturated heterocycles. The fourth-order valence-electron chi connectivity index (χ4n) is 4.44. The Morgan fingerprint density at radius 2 is 1.26 bits per heavy atom. The molecule has 12 heteroatoms. The van der Waals surface area contributed by atoms with E-state index in [2.05, 4.69) is 53.1 Å². The van der Waals surface area contributed by atoms with E-state index in [1.165, 1.54) is 39.1 Å². The number of hydrogen-bond donors (Lipinski definition) is 0. The average Bonchev–Trinajstić information content (AvgIpc) is 3.42. The quantitative estimate of drug-likeness (QED) is 0.128. The molecule has 2 aliphatic heterocycles. The largest absolute Gasteiger partial charge is 0.758 e. The maximum absolute atomic E-state index is 11.6. The molecule has 4 rings (SSSR count). The Balaban J connectivity index is 0.000000300.